The number of nitrogens with zero attached hydrogens (tertiary/aromatic N) is 3. The molecular weight excluding hydrogens is 597 g/mol. The number of carbonyl (C=O) groups is 1. The number of rotatable bonds is 3. The highest BCUT2D eigenvalue weighted by Crippen LogP contribution is 2.38. The quantitative estimate of drug-likeness (QED) is 0.183. The van der Waals surface area contributed by atoms with E-state index in [0.717, 1.165) is 53.7 Å². The van der Waals surface area contributed by atoms with Crippen LogP contribution in [-0.4, -0.2) is 46.5 Å². The molecule has 0 aliphatic carbocycles. The van der Waals surface area contributed by atoms with Crippen molar-refractivity contribution in [2.24, 2.45) is 0 Å². The van der Waals surface area contributed by atoms with Crippen molar-refractivity contribution < 1.29 is 28.1 Å². The minimum atomic E-state index is -1.05. The van der Waals surface area contributed by atoms with Crippen molar-refractivity contribution in [3.8, 4) is 45.1 Å². The van der Waals surface area contributed by atoms with Crippen LogP contribution >= 0.6 is 0 Å². The summed E-state index contributed by atoms with van der Waals surface area (Å²) >= 11 is 0. The van der Waals surface area contributed by atoms with Crippen LogP contribution in [-0.2, 0) is 14.3 Å². The van der Waals surface area contributed by atoms with Crippen LogP contribution in [0.1, 0.15) is 63.8 Å². The van der Waals surface area contributed by atoms with E-state index in [0.29, 0.717) is 47.3 Å². The van der Waals surface area contributed by atoms with E-state index in [2.05, 4.69) is 0 Å². The molecule has 2 aromatic heterocycles. The molecule has 0 saturated heterocycles. The molecule has 0 unspecified atom stereocenters. The van der Waals surface area contributed by atoms with Gasteiger partial charge in [-0.25, -0.2) is 18.7 Å². The van der Waals surface area contributed by atoms with Gasteiger partial charge in [-0.1, -0.05) is 18.2 Å². The second-order valence-electron chi connectivity index (χ2n) is 12.7. The van der Waals surface area contributed by atoms with Crippen molar-refractivity contribution in [2.75, 3.05) is 20.3 Å². The van der Waals surface area contributed by atoms with Gasteiger partial charge in [-0.3, -0.25) is 0 Å². The third-order valence-electron chi connectivity index (χ3n) is 8.08. The predicted octanol–water partition coefficient (Wildman–Crippen LogP) is 8.54. The number of esters is 1. The molecule has 0 amide bonds. The van der Waals surface area contributed by atoms with E-state index in [-0.39, 0.29) is 5.82 Å². The van der Waals surface area contributed by atoms with Crippen molar-refractivity contribution in [3.63, 3.8) is 0 Å². The highest BCUT2D eigenvalue weighted by Gasteiger charge is 2.34. The Morgan fingerprint density at radius 1 is 0.894 bits per heavy atom. The first-order chi connectivity index (χ1) is 22.6. The second-order valence-corrected chi connectivity index (χ2v) is 12.7. The van der Waals surface area contributed by atoms with Gasteiger partial charge in [0.25, 0.3) is 0 Å². The molecule has 6 bridgehead atoms. The molecule has 4 heterocycles. The Balaban J connectivity index is 1.56. The molecule has 244 valence electrons. The van der Waals surface area contributed by atoms with Crippen LogP contribution in [0.15, 0.2) is 72.8 Å². The van der Waals surface area contributed by atoms with Gasteiger partial charge in [0.05, 0.1) is 37.3 Å². The number of aryl methyl sites for hydroxylation is 1. The first-order valence-corrected chi connectivity index (χ1v) is 16.0. The minimum Gasteiger partial charge on any atom is -0.494 e. The minimum absolute atomic E-state index is 0.347. The number of methoxy groups -OCH3 is 1. The molecule has 8 nitrogen and oxygen atoms in total. The first-order valence-electron chi connectivity index (χ1n) is 16.0. The Labute approximate surface area is 274 Å². The molecule has 0 spiro atoms. The van der Waals surface area contributed by atoms with E-state index in [1.165, 1.54) is 19.2 Å². The molecular formula is C38H40FN3O5. The van der Waals surface area contributed by atoms with E-state index >= 15 is 0 Å². The van der Waals surface area contributed by atoms with Gasteiger partial charge in [0.1, 0.15) is 17.3 Å². The predicted molar refractivity (Wildman–Crippen MR) is 179 cm³/mol. The summed E-state index contributed by atoms with van der Waals surface area (Å²) in [7, 11) is 1.35. The zero-order valence-electron chi connectivity index (χ0n) is 27.5. The molecule has 0 fully saturated rings. The van der Waals surface area contributed by atoms with Gasteiger partial charge in [0.15, 0.2) is 11.8 Å². The Bertz CT molecular complexity index is 1890. The summed E-state index contributed by atoms with van der Waals surface area (Å²) in [5.74, 6) is 0.379. The molecule has 2 aliphatic heterocycles. The number of benzene rings is 3. The zero-order chi connectivity index (χ0) is 33.1. The van der Waals surface area contributed by atoms with Crippen LogP contribution in [0, 0.1) is 12.7 Å². The van der Waals surface area contributed by atoms with Crippen LogP contribution in [0.4, 0.5) is 4.39 Å². The van der Waals surface area contributed by atoms with Gasteiger partial charge in [-0.05, 0) is 101 Å². The Morgan fingerprint density at radius 2 is 1.62 bits per heavy atom. The fourth-order valence-corrected chi connectivity index (χ4v) is 5.89. The second kappa shape index (κ2) is 13.5. The number of carbonyl (C=O) groups excluding carboxylic acids is 1. The summed E-state index contributed by atoms with van der Waals surface area (Å²) in [4.78, 5) is 18.2. The van der Waals surface area contributed by atoms with Gasteiger partial charge < -0.3 is 18.9 Å². The molecule has 47 heavy (non-hydrogen) atoms. The largest absolute Gasteiger partial charge is 0.494 e. The maximum absolute atomic E-state index is 14.3. The molecule has 2 aliphatic rings. The first kappa shape index (κ1) is 32.2. The summed E-state index contributed by atoms with van der Waals surface area (Å²) in [6.07, 6.45) is 2.66. The number of hydrogen-bond acceptors (Lipinski definition) is 7. The van der Waals surface area contributed by atoms with Gasteiger partial charge in [0, 0.05) is 40.1 Å². The van der Waals surface area contributed by atoms with Crippen LogP contribution in [0.5, 0.6) is 11.5 Å². The summed E-state index contributed by atoms with van der Waals surface area (Å²) in [5.41, 5.74) is 5.83. The summed E-state index contributed by atoms with van der Waals surface area (Å²) < 4.78 is 39.9. The van der Waals surface area contributed by atoms with Crippen molar-refractivity contribution in [1.29, 1.82) is 0 Å². The van der Waals surface area contributed by atoms with Crippen LogP contribution in [0.25, 0.3) is 39.3 Å². The average molecular weight is 638 g/mol. The molecule has 1 atom stereocenters. The Hall–Kier alpha value is -4.76. The fraction of sp³-hybridized carbons (Fsp3) is 0.342. The summed E-state index contributed by atoms with van der Waals surface area (Å²) in [6, 6.07) is 22.3. The number of halogens is 1. The molecule has 0 saturated carbocycles. The maximum Gasteiger partial charge on any atom is 0.339 e. The summed E-state index contributed by atoms with van der Waals surface area (Å²) in [5, 5.41) is 5.05. The maximum atomic E-state index is 14.3. The van der Waals surface area contributed by atoms with E-state index in [1.54, 1.807) is 10.6 Å². The number of hydrogen-bond donors (Lipinski definition) is 0. The normalized spacial score (nSPS) is 14.5. The lowest BCUT2D eigenvalue weighted by atomic mass is 9.98. The SMILES string of the molecule is COC(=O)[C@@H](OC(C)(C)C)c1c(C)nc2cc3nn2c1-c1ccc(cc1)OCCCCCCOc1cc(F)ccc1-c1cccc-3c1. The van der Waals surface area contributed by atoms with Crippen molar-refractivity contribution >= 4 is 11.6 Å². The molecule has 0 N–H and O–H groups in total. The van der Waals surface area contributed by atoms with Crippen LogP contribution in [0.2, 0.25) is 0 Å². The average Bonchev–Trinajstić information content (AvgIpc) is 3.47. The van der Waals surface area contributed by atoms with E-state index in [4.69, 9.17) is 29.0 Å². The molecule has 5 aromatic rings. The van der Waals surface area contributed by atoms with Gasteiger partial charge >= 0.3 is 5.97 Å². The molecule has 9 heteroatoms. The highest BCUT2D eigenvalue weighted by molar-refractivity contribution is 5.82. The van der Waals surface area contributed by atoms with E-state index < -0.39 is 17.7 Å². The third kappa shape index (κ3) is 7.15. The molecule has 3 aromatic carbocycles. The number of ether oxygens (including phenoxy) is 4. The topological polar surface area (TPSA) is 84.2 Å². The smallest absolute Gasteiger partial charge is 0.339 e. The fourth-order valence-electron chi connectivity index (χ4n) is 5.89. The Kier molecular flexibility index (Phi) is 9.27. The van der Waals surface area contributed by atoms with Gasteiger partial charge in [-0.2, -0.15) is 5.10 Å². The van der Waals surface area contributed by atoms with E-state index in [1.807, 2.05) is 82.3 Å². The molecule has 0 radical (unpaired) electrons. The third-order valence-corrected chi connectivity index (χ3v) is 8.08. The highest BCUT2D eigenvalue weighted by atomic mass is 19.1. The lowest BCUT2D eigenvalue weighted by Crippen LogP contribution is -2.29. The van der Waals surface area contributed by atoms with Gasteiger partial charge in [-0.15, -0.1) is 0 Å². The van der Waals surface area contributed by atoms with Crippen LogP contribution in [0.3, 0.4) is 0 Å². The monoisotopic (exact) mass is 637 g/mol. The lowest BCUT2D eigenvalue weighted by Gasteiger charge is -2.28. The Morgan fingerprint density at radius 3 is 2.34 bits per heavy atom. The van der Waals surface area contributed by atoms with Crippen molar-refractivity contribution in [1.82, 2.24) is 14.6 Å². The van der Waals surface area contributed by atoms with Crippen molar-refractivity contribution in [2.45, 2.75) is 65.1 Å². The standard InChI is InChI=1S/C38H40FN3O5/c1-24-34(36(37(43)44-5)47-38(2,3)4)35-25-13-16-29(17-14-25)45-19-8-6-7-9-20-46-32-22-28(39)15-18-30(32)26-11-10-12-27(21-26)31-23-33(40-24)42(35)41-31/h10-18,21-23,36H,6-9,19-20H2,1-5H3/t36-/m0/s1. The van der Waals surface area contributed by atoms with Crippen molar-refractivity contribution in [3.05, 3.63) is 89.9 Å². The van der Waals surface area contributed by atoms with E-state index in [9.17, 15) is 9.18 Å². The molecule has 7 rings (SSSR count). The van der Waals surface area contributed by atoms with Gasteiger partial charge in [0.2, 0.25) is 0 Å². The van der Waals surface area contributed by atoms with Crippen LogP contribution < -0.4 is 9.47 Å². The lowest BCUT2D eigenvalue weighted by molar-refractivity contribution is -0.164. The zero-order valence-corrected chi connectivity index (χ0v) is 27.5. The number of aromatic nitrogens is 3. The number of fused-ring (bicyclic) bond motifs is 9. The summed E-state index contributed by atoms with van der Waals surface area (Å²) in [6.45, 7) is 8.63.